The van der Waals surface area contributed by atoms with Gasteiger partial charge in [-0.1, -0.05) is 6.07 Å². The summed E-state index contributed by atoms with van der Waals surface area (Å²) >= 11 is 0. The number of nitrogens with one attached hydrogen (secondary N) is 2. The topological polar surface area (TPSA) is 83.8 Å². The van der Waals surface area contributed by atoms with E-state index in [2.05, 4.69) is 15.5 Å². The third-order valence-corrected chi connectivity index (χ3v) is 3.34. The highest BCUT2D eigenvalue weighted by molar-refractivity contribution is 5.95. The number of aryl methyl sites for hydroxylation is 2. The average molecular weight is 258 g/mol. The van der Waals surface area contributed by atoms with Gasteiger partial charge in [0.15, 0.2) is 0 Å². The van der Waals surface area contributed by atoms with Gasteiger partial charge in [0.05, 0.1) is 5.69 Å². The molecule has 0 saturated heterocycles. The fourth-order valence-electron chi connectivity index (χ4n) is 2.11. The number of carbonyl (C=O) groups excluding carboxylic acids is 1. The van der Waals surface area contributed by atoms with Crippen LogP contribution < -0.4 is 11.1 Å². The Morgan fingerprint density at radius 3 is 2.68 bits per heavy atom. The first-order chi connectivity index (χ1) is 9.00. The van der Waals surface area contributed by atoms with Gasteiger partial charge < -0.3 is 11.1 Å². The molecule has 19 heavy (non-hydrogen) atoms. The standard InChI is InChI=1S/C14H18N4O/c1-8-11(14(15)19)5-4-6-13(8)16-7-12-9(2)17-18-10(12)3/h4-6,16H,7H2,1-3H3,(H2,15,19)(H,17,18). The minimum absolute atomic E-state index is 0.406. The van der Waals surface area contributed by atoms with Crippen LogP contribution in [0.1, 0.15) is 32.9 Å². The molecular weight excluding hydrogens is 240 g/mol. The number of carbonyl (C=O) groups is 1. The first-order valence-electron chi connectivity index (χ1n) is 6.14. The lowest BCUT2D eigenvalue weighted by Crippen LogP contribution is -2.14. The summed E-state index contributed by atoms with van der Waals surface area (Å²) in [4.78, 5) is 11.3. The van der Waals surface area contributed by atoms with Gasteiger partial charge in [0, 0.05) is 29.1 Å². The number of anilines is 1. The van der Waals surface area contributed by atoms with Crippen molar-refractivity contribution in [1.82, 2.24) is 10.2 Å². The van der Waals surface area contributed by atoms with Gasteiger partial charge in [-0.3, -0.25) is 9.89 Å². The van der Waals surface area contributed by atoms with Gasteiger partial charge in [0.2, 0.25) is 5.91 Å². The number of hydrogen-bond donors (Lipinski definition) is 3. The SMILES string of the molecule is Cc1n[nH]c(C)c1CNc1cccc(C(N)=O)c1C. The van der Waals surface area contributed by atoms with E-state index in [-0.39, 0.29) is 0 Å². The lowest BCUT2D eigenvalue weighted by atomic mass is 10.1. The Balaban J connectivity index is 2.21. The van der Waals surface area contributed by atoms with E-state index in [0.717, 1.165) is 28.2 Å². The fourth-order valence-corrected chi connectivity index (χ4v) is 2.11. The van der Waals surface area contributed by atoms with Crippen molar-refractivity contribution in [3.63, 3.8) is 0 Å². The Bertz CT molecular complexity index is 596. The first kappa shape index (κ1) is 13.1. The van der Waals surface area contributed by atoms with Crippen molar-refractivity contribution in [2.75, 3.05) is 5.32 Å². The van der Waals surface area contributed by atoms with Crippen LogP contribution in [0, 0.1) is 20.8 Å². The zero-order valence-corrected chi connectivity index (χ0v) is 11.4. The highest BCUT2D eigenvalue weighted by Gasteiger charge is 2.10. The molecule has 5 heteroatoms. The van der Waals surface area contributed by atoms with Crippen molar-refractivity contribution < 1.29 is 4.79 Å². The van der Waals surface area contributed by atoms with Crippen LogP contribution in [0.25, 0.3) is 0 Å². The lowest BCUT2D eigenvalue weighted by Gasteiger charge is -2.12. The van der Waals surface area contributed by atoms with Crippen LogP contribution in [0.4, 0.5) is 5.69 Å². The minimum Gasteiger partial charge on any atom is -0.381 e. The molecule has 1 amide bonds. The largest absolute Gasteiger partial charge is 0.381 e. The second-order valence-electron chi connectivity index (χ2n) is 4.61. The van der Waals surface area contributed by atoms with Gasteiger partial charge in [-0.2, -0.15) is 5.10 Å². The summed E-state index contributed by atoms with van der Waals surface area (Å²) in [6.07, 6.45) is 0. The van der Waals surface area contributed by atoms with Crippen molar-refractivity contribution >= 4 is 11.6 Å². The van der Waals surface area contributed by atoms with E-state index in [1.165, 1.54) is 0 Å². The second-order valence-corrected chi connectivity index (χ2v) is 4.61. The predicted molar refractivity (Wildman–Crippen MR) is 75.1 cm³/mol. The van der Waals surface area contributed by atoms with Gasteiger partial charge in [-0.05, 0) is 38.5 Å². The molecule has 1 heterocycles. The monoisotopic (exact) mass is 258 g/mol. The highest BCUT2D eigenvalue weighted by atomic mass is 16.1. The maximum Gasteiger partial charge on any atom is 0.249 e. The molecule has 0 aliphatic rings. The minimum atomic E-state index is -0.406. The Hall–Kier alpha value is -2.30. The number of H-pyrrole nitrogens is 1. The number of amides is 1. The Labute approximate surface area is 112 Å². The van der Waals surface area contributed by atoms with Crippen molar-refractivity contribution in [3.8, 4) is 0 Å². The average Bonchev–Trinajstić information content (AvgIpc) is 2.68. The quantitative estimate of drug-likeness (QED) is 0.784. The molecule has 0 spiro atoms. The molecular formula is C14H18N4O. The number of nitrogens with two attached hydrogens (primary N) is 1. The Morgan fingerprint density at radius 1 is 1.37 bits per heavy atom. The van der Waals surface area contributed by atoms with Crippen LogP contribution in [-0.4, -0.2) is 16.1 Å². The molecule has 5 nitrogen and oxygen atoms in total. The van der Waals surface area contributed by atoms with Gasteiger partial charge >= 0.3 is 0 Å². The third-order valence-electron chi connectivity index (χ3n) is 3.34. The van der Waals surface area contributed by atoms with Crippen molar-refractivity contribution in [2.45, 2.75) is 27.3 Å². The van der Waals surface area contributed by atoms with Crippen LogP contribution >= 0.6 is 0 Å². The van der Waals surface area contributed by atoms with Gasteiger partial charge in [0.1, 0.15) is 0 Å². The number of hydrogen-bond acceptors (Lipinski definition) is 3. The van der Waals surface area contributed by atoms with E-state index in [0.29, 0.717) is 12.1 Å². The molecule has 4 N–H and O–H groups in total. The van der Waals surface area contributed by atoms with Gasteiger partial charge in [-0.15, -0.1) is 0 Å². The third kappa shape index (κ3) is 2.59. The van der Waals surface area contributed by atoms with Crippen molar-refractivity contribution in [3.05, 3.63) is 46.3 Å². The summed E-state index contributed by atoms with van der Waals surface area (Å²) in [6.45, 7) is 6.51. The van der Waals surface area contributed by atoms with E-state index in [1.807, 2.05) is 32.9 Å². The molecule has 2 rings (SSSR count). The zero-order chi connectivity index (χ0) is 14.0. The molecule has 0 aliphatic carbocycles. The number of aromatic nitrogens is 2. The Morgan fingerprint density at radius 2 is 2.11 bits per heavy atom. The lowest BCUT2D eigenvalue weighted by molar-refractivity contribution is 0.1000. The number of rotatable bonds is 4. The molecule has 0 radical (unpaired) electrons. The van der Waals surface area contributed by atoms with Crippen LogP contribution in [-0.2, 0) is 6.54 Å². The van der Waals surface area contributed by atoms with Gasteiger partial charge in [-0.25, -0.2) is 0 Å². The number of benzene rings is 1. The van der Waals surface area contributed by atoms with Gasteiger partial charge in [0.25, 0.3) is 0 Å². The van der Waals surface area contributed by atoms with E-state index >= 15 is 0 Å². The molecule has 0 bridgehead atoms. The molecule has 0 atom stereocenters. The Kier molecular flexibility index (Phi) is 3.55. The zero-order valence-electron chi connectivity index (χ0n) is 11.4. The summed E-state index contributed by atoms with van der Waals surface area (Å²) in [5.41, 5.74) is 10.8. The van der Waals surface area contributed by atoms with E-state index in [9.17, 15) is 4.79 Å². The van der Waals surface area contributed by atoms with E-state index in [4.69, 9.17) is 5.73 Å². The van der Waals surface area contributed by atoms with Crippen LogP contribution in [0.2, 0.25) is 0 Å². The summed E-state index contributed by atoms with van der Waals surface area (Å²) in [6, 6.07) is 5.49. The summed E-state index contributed by atoms with van der Waals surface area (Å²) in [5, 5.41) is 10.4. The second kappa shape index (κ2) is 5.14. The predicted octanol–water partition coefficient (Wildman–Crippen LogP) is 2.05. The molecule has 0 unspecified atom stereocenters. The fraction of sp³-hybridized carbons (Fsp3) is 0.286. The van der Waals surface area contributed by atoms with E-state index in [1.54, 1.807) is 6.07 Å². The molecule has 2 aromatic rings. The number of nitrogens with zero attached hydrogens (tertiary/aromatic N) is 1. The first-order valence-corrected chi connectivity index (χ1v) is 6.14. The van der Waals surface area contributed by atoms with Crippen LogP contribution in [0.3, 0.4) is 0 Å². The normalized spacial score (nSPS) is 10.5. The van der Waals surface area contributed by atoms with Crippen molar-refractivity contribution in [1.29, 1.82) is 0 Å². The molecule has 0 fully saturated rings. The summed E-state index contributed by atoms with van der Waals surface area (Å²) in [5.74, 6) is -0.406. The smallest absolute Gasteiger partial charge is 0.249 e. The van der Waals surface area contributed by atoms with Crippen LogP contribution in [0.5, 0.6) is 0 Å². The number of primary amides is 1. The van der Waals surface area contributed by atoms with Crippen molar-refractivity contribution in [2.24, 2.45) is 5.73 Å². The highest BCUT2D eigenvalue weighted by Crippen LogP contribution is 2.20. The molecule has 0 saturated carbocycles. The molecule has 0 aliphatic heterocycles. The summed E-state index contributed by atoms with van der Waals surface area (Å²) < 4.78 is 0. The number of aromatic amines is 1. The maximum absolute atomic E-state index is 11.3. The summed E-state index contributed by atoms with van der Waals surface area (Å²) in [7, 11) is 0. The van der Waals surface area contributed by atoms with E-state index < -0.39 is 5.91 Å². The van der Waals surface area contributed by atoms with Crippen LogP contribution in [0.15, 0.2) is 18.2 Å². The molecule has 100 valence electrons. The molecule has 1 aromatic carbocycles. The molecule has 1 aromatic heterocycles. The maximum atomic E-state index is 11.3.